The number of hydrogen-bond acceptors (Lipinski definition) is 5. The van der Waals surface area contributed by atoms with Crippen LogP contribution in [0, 0.1) is 17.9 Å². The van der Waals surface area contributed by atoms with E-state index >= 15 is 0 Å². The van der Waals surface area contributed by atoms with Crippen LogP contribution in [0.15, 0.2) is 231 Å². The number of benzene rings is 9. The molecule has 4 aromatic heterocycles. The van der Waals surface area contributed by atoms with Crippen LogP contribution in [0.25, 0.3) is 127 Å². The van der Waals surface area contributed by atoms with E-state index in [1.54, 1.807) is 0 Å². The van der Waals surface area contributed by atoms with Crippen molar-refractivity contribution in [2.75, 3.05) is 0 Å². The lowest BCUT2D eigenvalue weighted by Gasteiger charge is -2.19. The van der Waals surface area contributed by atoms with Gasteiger partial charge in [-0.1, -0.05) is 146 Å². The van der Waals surface area contributed by atoms with Gasteiger partial charge in [0.1, 0.15) is 0 Å². The summed E-state index contributed by atoms with van der Waals surface area (Å²) in [5.74, 6) is 1.71. The first kappa shape index (κ1) is 41.9. The molecule has 4 heterocycles. The fraction of sp³-hybridized carbons (Fsp3) is 0. The Bertz CT molecular complexity index is 4270. The van der Waals surface area contributed by atoms with Crippen molar-refractivity contribution in [1.82, 2.24) is 29.1 Å². The zero-order valence-corrected chi connectivity index (χ0v) is 38.5. The molecule has 0 atom stereocenters. The van der Waals surface area contributed by atoms with Gasteiger partial charge in [0.2, 0.25) is 0 Å². The molecule has 0 fully saturated rings. The molecule has 0 aliphatic heterocycles. The molecule has 13 rings (SSSR count). The lowest BCUT2D eigenvalue weighted by atomic mass is 9.99. The number of rotatable bonds is 8. The molecule has 334 valence electrons. The Labute approximate surface area is 414 Å². The first-order chi connectivity index (χ1) is 35.6. The van der Waals surface area contributed by atoms with Gasteiger partial charge in [0, 0.05) is 61.8 Å². The van der Waals surface area contributed by atoms with Crippen molar-refractivity contribution < 1.29 is 0 Å². The van der Waals surface area contributed by atoms with E-state index in [1.807, 2.05) is 122 Å². The van der Waals surface area contributed by atoms with E-state index in [0.29, 0.717) is 28.7 Å². The molecule has 72 heavy (non-hydrogen) atoms. The Morgan fingerprint density at radius 1 is 0.389 bits per heavy atom. The zero-order chi connectivity index (χ0) is 48.1. The fourth-order valence-electron chi connectivity index (χ4n) is 10.1. The minimum absolute atomic E-state index is 0.546. The van der Waals surface area contributed by atoms with Gasteiger partial charge in [0.15, 0.2) is 23.2 Å². The first-order valence-corrected chi connectivity index (χ1v) is 23.6. The maximum absolute atomic E-state index is 9.51. The maximum atomic E-state index is 9.51. The van der Waals surface area contributed by atoms with E-state index in [9.17, 15) is 5.26 Å². The van der Waals surface area contributed by atoms with Crippen LogP contribution in [0.2, 0.25) is 0 Å². The molecule has 8 nitrogen and oxygen atoms in total. The highest BCUT2D eigenvalue weighted by Gasteiger charge is 2.23. The van der Waals surface area contributed by atoms with E-state index in [2.05, 4.69) is 129 Å². The maximum Gasteiger partial charge on any atom is 0.187 e. The van der Waals surface area contributed by atoms with Gasteiger partial charge in [-0.15, -0.1) is 0 Å². The van der Waals surface area contributed by atoms with Crippen LogP contribution in [-0.2, 0) is 0 Å². The van der Waals surface area contributed by atoms with Gasteiger partial charge in [-0.25, -0.2) is 19.8 Å². The minimum atomic E-state index is 0.546. The van der Waals surface area contributed by atoms with Gasteiger partial charge >= 0.3 is 0 Å². The fourth-order valence-corrected chi connectivity index (χ4v) is 10.1. The molecular weight excluding hydrogens is 881 g/mol. The third-order valence-corrected chi connectivity index (χ3v) is 13.5. The Balaban J connectivity index is 1.07. The average molecular weight is 919 g/mol. The van der Waals surface area contributed by atoms with Crippen LogP contribution in [0.5, 0.6) is 0 Å². The summed E-state index contributed by atoms with van der Waals surface area (Å²) in [6, 6.07) is 76.9. The molecule has 0 unspecified atom stereocenters. The van der Waals surface area contributed by atoms with Gasteiger partial charge < -0.3 is 9.13 Å². The number of fused-ring (bicyclic) bond motifs is 6. The standard InChI is InChI=1S/C64H38N8/c1-66-49-29-24-43(25-30-49)47-27-31-58-52(37-47)50-16-8-10-18-56(50)71(58)60-33-28-48(64-69-62(44-12-4-2-5-13-44)68-63(70-64)45-14-6-3-7-15-45)38-54(60)55-40-67-35-34-61(55)72-57-19-11-9-17-51(57)53-36-46(26-32-59(53)72)42-22-20-41(39-65)21-23-42/h2-38,40H. The second kappa shape index (κ2) is 17.4. The topological polar surface area (TPSA) is 89.6 Å². The third-order valence-electron chi connectivity index (χ3n) is 13.5. The molecule has 0 radical (unpaired) electrons. The average Bonchev–Trinajstić information content (AvgIpc) is 3.97. The Hall–Kier alpha value is -10.3. The SMILES string of the molecule is [C-]#[N+]c1ccc(-c2ccc3c(c2)c2ccccc2n3-c2ccc(-c3nc(-c4ccccc4)nc(-c4ccccc4)n3)cc2-c2cnccc2-n2c3ccccc3c3cc(-c4ccc(C#N)cc4)ccc32)cc1. The molecule has 0 bridgehead atoms. The number of hydrogen-bond donors (Lipinski definition) is 0. The number of aromatic nitrogens is 6. The van der Waals surface area contributed by atoms with Crippen molar-refractivity contribution in [3.8, 4) is 85.0 Å². The van der Waals surface area contributed by atoms with Crippen LogP contribution >= 0.6 is 0 Å². The first-order valence-electron chi connectivity index (χ1n) is 23.6. The van der Waals surface area contributed by atoms with Crippen molar-refractivity contribution in [1.29, 1.82) is 5.26 Å². The Morgan fingerprint density at radius 2 is 0.847 bits per heavy atom. The molecule has 0 saturated heterocycles. The smallest absolute Gasteiger partial charge is 0.187 e. The molecule has 0 amide bonds. The van der Waals surface area contributed by atoms with Crippen LogP contribution in [-0.4, -0.2) is 29.1 Å². The van der Waals surface area contributed by atoms with E-state index < -0.39 is 0 Å². The van der Waals surface area contributed by atoms with Gasteiger partial charge in [-0.05, 0) is 95.1 Å². The van der Waals surface area contributed by atoms with Gasteiger partial charge in [-0.3, -0.25) is 4.98 Å². The predicted octanol–water partition coefficient (Wildman–Crippen LogP) is 15.9. The van der Waals surface area contributed by atoms with Crippen LogP contribution in [0.4, 0.5) is 5.69 Å². The molecule has 13 aromatic rings. The van der Waals surface area contributed by atoms with Crippen molar-refractivity contribution in [2.24, 2.45) is 0 Å². The predicted molar refractivity (Wildman–Crippen MR) is 290 cm³/mol. The van der Waals surface area contributed by atoms with Crippen molar-refractivity contribution in [3.63, 3.8) is 0 Å². The highest BCUT2D eigenvalue weighted by atomic mass is 15.0. The quantitative estimate of drug-likeness (QED) is 0.142. The van der Waals surface area contributed by atoms with Gasteiger partial charge in [-0.2, -0.15) is 5.26 Å². The number of para-hydroxylation sites is 2. The van der Waals surface area contributed by atoms with E-state index in [-0.39, 0.29) is 0 Å². The number of nitrogens with zero attached hydrogens (tertiary/aromatic N) is 8. The van der Waals surface area contributed by atoms with E-state index in [4.69, 9.17) is 26.5 Å². The number of nitriles is 1. The summed E-state index contributed by atoms with van der Waals surface area (Å²) in [6.07, 6.45) is 3.84. The van der Waals surface area contributed by atoms with Gasteiger partial charge in [0.05, 0.1) is 51.6 Å². The summed E-state index contributed by atoms with van der Waals surface area (Å²) in [4.78, 5) is 23.9. The summed E-state index contributed by atoms with van der Waals surface area (Å²) in [7, 11) is 0. The van der Waals surface area contributed by atoms with E-state index in [1.165, 1.54) is 0 Å². The zero-order valence-electron chi connectivity index (χ0n) is 38.5. The van der Waals surface area contributed by atoms with Gasteiger partial charge in [0.25, 0.3) is 0 Å². The summed E-state index contributed by atoms with van der Waals surface area (Å²) < 4.78 is 4.71. The Kier molecular flexibility index (Phi) is 10.1. The second-order valence-electron chi connectivity index (χ2n) is 17.7. The summed E-state index contributed by atoms with van der Waals surface area (Å²) >= 11 is 0. The number of pyridine rings is 1. The normalized spacial score (nSPS) is 11.3. The second-order valence-corrected chi connectivity index (χ2v) is 17.7. The van der Waals surface area contributed by atoms with Crippen LogP contribution in [0.3, 0.4) is 0 Å². The summed E-state index contributed by atoms with van der Waals surface area (Å²) in [5, 5.41) is 14.0. The molecule has 0 spiro atoms. The molecular formula is C64H38N8. The highest BCUT2D eigenvalue weighted by molar-refractivity contribution is 6.13. The Morgan fingerprint density at radius 3 is 1.39 bits per heavy atom. The minimum Gasteiger partial charge on any atom is -0.309 e. The largest absolute Gasteiger partial charge is 0.309 e. The molecule has 0 N–H and O–H groups in total. The lowest BCUT2D eigenvalue weighted by Crippen LogP contribution is -2.04. The van der Waals surface area contributed by atoms with E-state index in [0.717, 1.165) is 105 Å². The molecule has 0 saturated carbocycles. The summed E-state index contributed by atoms with van der Waals surface area (Å²) in [6.45, 7) is 7.51. The molecule has 0 aliphatic carbocycles. The molecule has 9 aromatic carbocycles. The van der Waals surface area contributed by atoms with Crippen molar-refractivity contribution in [2.45, 2.75) is 0 Å². The van der Waals surface area contributed by atoms with Crippen molar-refractivity contribution in [3.05, 3.63) is 248 Å². The summed E-state index contributed by atoms with van der Waals surface area (Å²) in [5.41, 5.74) is 16.0. The van der Waals surface area contributed by atoms with Crippen LogP contribution < -0.4 is 0 Å². The molecule has 0 aliphatic rings. The third kappa shape index (κ3) is 7.15. The molecule has 8 heteroatoms. The van der Waals surface area contributed by atoms with Crippen LogP contribution in [0.1, 0.15) is 5.56 Å². The monoisotopic (exact) mass is 918 g/mol. The van der Waals surface area contributed by atoms with Crippen molar-refractivity contribution >= 4 is 49.3 Å². The lowest BCUT2D eigenvalue weighted by molar-refractivity contribution is 1.07. The highest BCUT2D eigenvalue weighted by Crippen LogP contribution is 2.43.